The van der Waals surface area contributed by atoms with Gasteiger partial charge in [0.1, 0.15) is 11.6 Å². The van der Waals surface area contributed by atoms with Crippen molar-refractivity contribution in [1.29, 1.82) is 0 Å². The third kappa shape index (κ3) is 3.28. The van der Waals surface area contributed by atoms with E-state index in [4.69, 9.17) is 9.26 Å². The highest BCUT2D eigenvalue weighted by molar-refractivity contribution is 5.97. The maximum atomic E-state index is 13.3. The lowest BCUT2D eigenvalue weighted by molar-refractivity contribution is -0.117. The molecule has 2 aromatic carbocycles. The number of nitrogens with zero attached hydrogens (tertiary/aromatic N) is 3. The van der Waals surface area contributed by atoms with E-state index in [-0.39, 0.29) is 17.6 Å². The second kappa shape index (κ2) is 6.83. The number of carbonyl (C=O) groups excluding carboxylic acids is 1. The van der Waals surface area contributed by atoms with Gasteiger partial charge in [-0.3, -0.25) is 4.79 Å². The first kappa shape index (κ1) is 17.2. The van der Waals surface area contributed by atoms with Crippen molar-refractivity contribution in [1.82, 2.24) is 10.1 Å². The van der Waals surface area contributed by atoms with Crippen molar-refractivity contribution in [3.8, 4) is 17.2 Å². The highest BCUT2D eigenvalue weighted by Crippen LogP contribution is 2.33. The molecular formula is C20H18FN3O3. The smallest absolute Gasteiger partial charge is 0.257 e. The summed E-state index contributed by atoms with van der Waals surface area (Å²) in [6.45, 7) is 2.22. The molecule has 0 radical (unpaired) electrons. The van der Waals surface area contributed by atoms with Crippen molar-refractivity contribution in [3.63, 3.8) is 0 Å². The third-order valence-electron chi connectivity index (χ3n) is 4.72. The van der Waals surface area contributed by atoms with Gasteiger partial charge in [0.05, 0.1) is 7.11 Å². The molecule has 0 bridgehead atoms. The molecule has 3 aromatic rings. The molecule has 1 atom stereocenters. The molecule has 0 spiro atoms. The number of carbonyl (C=O) groups is 1. The Balaban J connectivity index is 1.54. The molecule has 1 saturated heterocycles. The monoisotopic (exact) mass is 367 g/mol. The number of ether oxygens (including phenoxy) is 1. The third-order valence-corrected chi connectivity index (χ3v) is 4.72. The van der Waals surface area contributed by atoms with Gasteiger partial charge in [-0.15, -0.1) is 0 Å². The summed E-state index contributed by atoms with van der Waals surface area (Å²) in [5, 5.41) is 4.06. The van der Waals surface area contributed by atoms with Crippen LogP contribution in [0.1, 0.15) is 23.7 Å². The highest BCUT2D eigenvalue weighted by Gasteiger charge is 2.35. The minimum absolute atomic E-state index is 0.0366. The number of benzene rings is 2. The molecule has 1 unspecified atom stereocenters. The van der Waals surface area contributed by atoms with E-state index in [0.29, 0.717) is 30.4 Å². The Hall–Kier alpha value is -3.22. The summed E-state index contributed by atoms with van der Waals surface area (Å²) in [5.74, 6) is 1.11. The zero-order chi connectivity index (χ0) is 19.0. The molecule has 1 aromatic heterocycles. The molecule has 1 fully saturated rings. The van der Waals surface area contributed by atoms with Crippen LogP contribution in [0.3, 0.4) is 0 Å². The Morgan fingerprint density at radius 3 is 2.70 bits per heavy atom. The van der Waals surface area contributed by atoms with Crippen LogP contribution in [0.5, 0.6) is 5.75 Å². The van der Waals surface area contributed by atoms with Gasteiger partial charge in [-0.05, 0) is 55.0 Å². The predicted octanol–water partition coefficient (Wildman–Crippen LogP) is 3.71. The van der Waals surface area contributed by atoms with Crippen LogP contribution in [0.15, 0.2) is 47.0 Å². The van der Waals surface area contributed by atoms with Crippen LogP contribution in [-0.4, -0.2) is 29.7 Å². The summed E-state index contributed by atoms with van der Waals surface area (Å²) in [6.07, 6.45) is 0.290. The Bertz CT molecular complexity index is 984. The minimum atomic E-state index is -0.318. The minimum Gasteiger partial charge on any atom is -0.497 e. The predicted molar refractivity (Wildman–Crippen MR) is 97.1 cm³/mol. The lowest BCUT2D eigenvalue weighted by Gasteiger charge is -2.18. The Morgan fingerprint density at radius 2 is 2.00 bits per heavy atom. The number of amides is 1. The van der Waals surface area contributed by atoms with Crippen molar-refractivity contribution in [2.75, 3.05) is 18.6 Å². The van der Waals surface area contributed by atoms with E-state index in [1.54, 1.807) is 25.0 Å². The maximum absolute atomic E-state index is 13.3. The average molecular weight is 367 g/mol. The topological polar surface area (TPSA) is 68.5 Å². The van der Waals surface area contributed by atoms with Gasteiger partial charge >= 0.3 is 0 Å². The van der Waals surface area contributed by atoms with Crippen LogP contribution >= 0.6 is 0 Å². The second-order valence-electron chi connectivity index (χ2n) is 6.52. The molecule has 1 aliphatic heterocycles. The second-order valence-corrected chi connectivity index (χ2v) is 6.52. The molecule has 1 amide bonds. The SMILES string of the molecule is COc1ccc(-c2nc(C3CC(=O)N(c4ccc(F)cc4C)C3)no2)cc1. The van der Waals surface area contributed by atoms with Gasteiger partial charge in [0, 0.05) is 30.1 Å². The summed E-state index contributed by atoms with van der Waals surface area (Å²) >= 11 is 0. The van der Waals surface area contributed by atoms with E-state index in [2.05, 4.69) is 10.1 Å². The van der Waals surface area contributed by atoms with Crippen LogP contribution in [0.25, 0.3) is 11.5 Å². The van der Waals surface area contributed by atoms with E-state index in [1.165, 1.54) is 12.1 Å². The number of methoxy groups -OCH3 is 1. The fourth-order valence-electron chi connectivity index (χ4n) is 3.29. The van der Waals surface area contributed by atoms with Gasteiger partial charge in [-0.25, -0.2) is 4.39 Å². The van der Waals surface area contributed by atoms with E-state index in [1.807, 2.05) is 24.3 Å². The normalized spacial score (nSPS) is 16.8. The quantitative estimate of drug-likeness (QED) is 0.703. The van der Waals surface area contributed by atoms with Crippen molar-refractivity contribution in [2.45, 2.75) is 19.3 Å². The number of aromatic nitrogens is 2. The summed E-state index contributed by atoms with van der Waals surface area (Å²) in [7, 11) is 1.60. The number of hydrogen-bond donors (Lipinski definition) is 0. The molecule has 6 nitrogen and oxygen atoms in total. The standard InChI is InChI=1S/C20H18FN3O3/c1-12-9-15(21)5-8-17(12)24-11-14(10-18(24)25)19-22-20(27-23-19)13-3-6-16(26-2)7-4-13/h3-9,14H,10-11H2,1-2H3. The largest absolute Gasteiger partial charge is 0.497 e. The Kier molecular flexibility index (Phi) is 4.35. The van der Waals surface area contributed by atoms with Crippen molar-refractivity contribution >= 4 is 11.6 Å². The van der Waals surface area contributed by atoms with Crippen molar-refractivity contribution in [2.24, 2.45) is 0 Å². The molecule has 0 aliphatic carbocycles. The first-order chi connectivity index (χ1) is 13.0. The van der Waals surface area contributed by atoms with Crippen LogP contribution in [-0.2, 0) is 4.79 Å². The van der Waals surface area contributed by atoms with E-state index in [0.717, 1.165) is 16.9 Å². The zero-order valence-electron chi connectivity index (χ0n) is 15.0. The fraction of sp³-hybridized carbons (Fsp3) is 0.250. The number of halogens is 1. The van der Waals surface area contributed by atoms with Crippen molar-refractivity contribution in [3.05, 3.63) is 59.7 Å². The summed E-state index contributed by atoms with van der Waals surface area (Å²) in [4.78, 5) is 18.6. The van der Waals surface area contributed by atoms with E-state index in [9.17, 15) is 9.18 Å². The summed E-state index contributed by atoms with van der Waals surface area (Å²) in [6, 6.07) is 11.7. The molecule has 1 aliphatic rings. The van der Waals surface area contributed by atoms with Gasteiger partial charge in [0.25, 0.3) is 5.89 Å². The van der Waals surface area contributed by atoms with Crippen molar-refractivity contribution < 1.29 is 18.4 Å². The lowest BCUT2D eigenvalue weighted by atomic mass is 10.1. The molecule has 27 heavy (non-hydrogen) atoms. The Labute approximate surface area is 155 Å². The maximum Gasteiger partial charge on any atom is 0.257 e. The fourth-order valence-corrected chi connectivity index (χ4v) is 3.29. The summed E-state index contributed by atoms with van der Waals surface area (Å²) in [5.41, 5.74) is 2.21. The average Bonchev–Trinajstić information content (AvgIpc) is 3.29. The number of anilines is 1. The van der Waals surface area contributed by atoms with Crippen LogP contribution < -0.4 is 9.64 Å². The first-order valence-electron chi connectivity index (χ1n) is 8.59. The molecule has 0 N–H and O–H groups in total. The molecular weight excluding hydrogens is 349 g/mol. The van der Waals surface area contributed by atoms with Gasteiger partial charge in [0.15, 0.2) is 5.82 Å². The molecule has 7 heteroatoms. The lowest BCUT2D eigenvalue weighted by Crippen LogP contribution is -2.25. The highest BCUT2D eigenvalue weighted by atomic mass is 19.1. The van der Waals surface area contributed by atoms with E-state index < -0.39 is 0 Å². The number of hydrogen-bond acceptors (Lipinski definition) is 5. The molecule has 2 heterocycles. The summed E-state index contributed by atoms with van der Waals surface area (Å²) < 4.78 is 23.9. The molecule has 138 valence electrons. The number of rotatable bonds is 4. The van der Waals surface area contributed by atoms with Gasteiger partial charge < -0.3 is 14.2 Å². The Morgan fingerprint density at radius 1 is 1.22 bits per heavy atom. The molecule has 4 rings (SSSR count). The van der Waals surface area contributed by atoms with E-state index >= 15 is 0 Å². The molecule has 0 saturated carbocycles. The first-order valence-corrected chi connectivity index (χ1v) is 8.59. The van der Waals surface area contributed by atoms with Crippen LogP contribution in [0.2, 0.25) is 0 Å². The number of aryl methyl sites for hydroxylation is 1. The van der Waals surface area contributed by atoms with Crippen LogP contribution in [0, 0.1) is 12.7 Å². The van der Waals surface area contributed by atoms with Crippen LogP contribution in [0.4, 0.5) is 10.1 Å². The van der Waals surface area contributed by atoms with Gasteiger partial charge in [-0.1, -0.05) is 5.16 Å². The van der Waals surface area contributed by atoms with Gasteiger partial charge in [0.2, 0.25) is 5.91 Å². The van der Waals surface area contributed by atoms with Gasteiger partial charge in [-0.2, -0.15) is 4.98 Å². The zero-order valence-corrected chi connectivity index (χ0v) is 15.0.